The van der Waals surface area contributed by atoms with Gasteiger partial charge in [-0.05, 0) is 18.2 Å². The van der Waals surface area contributed by atoms with Gasteiger partial charge in [0.25, 0.3) is 0 Å². The molecule has 5 heteroatoms. The fourth-order valence-electron chi connectivity index (χ4n) is 3.58. The fourth-order valence-corrected chi connectivity index (χ4v) is 3.58. The van der Waals surface area contributed by atoms with Gasteiger partial charge in [0.05, 0.1) is 31.0 Å². The molecule has 2 heterocycles. The van der Waals surface area contributed by atoms with Crippen LogP contribution in [-0.4, -0.2) is 35.9 Å². The standard InChI is InChI=1S/C23H27N3O2/c1-26(15-20-10-6-3-7-11-20)16-22-12-21(25-28-22)13-23(17-27-18-23)24-14-19-8-4-2-5-9-19/h2-12,24H,13-18H2,1H3. The molecule has 1 aliphatic heterocycles. The number of nitrogens with one attached hydrogen (secondary N) is 1. The van der Waals surface area contributed by atoms with Gasteiger partial charge in [-0.2, -0.15) is 0 Å². The maximum absolute atomic E-state index is 5.59. The second-order valence-corrected chi connectivity index (χ2v) is 7.73. The van der Waals surface area contributed by atoms with Gasteiger partial charge < -0.3 is 14.6 Å². The smallest absolute Gasteiger partial charge is 0.150 e. The van der Waals surface area contributed by atoms with E-state index in [1.165, 1.54) is 11.1 Å². The summed E-state index contributed by atoms with van der Waals surface area (Å²) in [6, 6.07) is 23.0. The highest BCUT2D eigenvalue weighted by molar-refractivity contribution is 5.17. The van der Waals surface area contributed by atoms with Gasteiger partial charge in [0.1, 0.15) is 0 Å². The molecule has 1 saturated heterocycles. The van der Waals surface area contributed by atoms with Gasteiger partial charge in [-0.3, -0.25) is 4.90 Å². The van der Waals surface area contributed by atoms with Crippen molar-refractivity contribution in [3.63, 3.8) is 0 Å². The third-order valence-corrected chi connectivity index (χ3v) is 5.12. The second-order valence-electron chi connectivity index (χ2n) is 7.73. The molecule has 1 aromatic heterocycles. The summed E-state index contributed by atoms with van der Waals surface area (Å²) in [4.78, 5) is 2.23. The minimum absolute atomic E-state index is 0.0556. The number of benzene rings is 2. The quantitative estimate of drug-likeness (QED) is 0.619. The highest BCUT2D eigenvalue weighted by atomic mass is 16.5. The molecule has 0 spiro atoms. The topological polar surface area (TPSA) is 50.5 Å². The first-order valence-corrected chi connectivity index (χ1v) is 9.74. The molecule has 0 unspecified atom stereocenters. The van der Waals surface area contributed by atoms with Crippen LogP contribution in [0.3, 0.4) is 0 Å². The molecule has 1 N–H and O–H groups in total. The first-order valence-electron chi connectivity index (χ1n) is 9.74. The third kappa shape index (κ3) is 4.87. The van der Waals surface area contributed by atoms with Crippen LogP contribution in [0.15, 0.2) is 71.3 Å². The summed E-state index contributed by atoms with van der Waals surface area (Å²) >= 11 is 0. The summed E-state index contributed by atoms with van der Waals surface area (Å²) in [5, 5.41) is 7.96. The molecule has 0 radical (unpaired) electrons. The molecule has 0 amide bonds. The predicted molar refractivity (Wildman–Crippen MR) is 109 cm³/mol. The zero-order valence-electron chi connectivity index (χ0n) is 16.3. The Labute approximate surface area is 166 Å². The monoisotopic (exact) mass is 377 g/mol. The average Bonchev–Trinajstić information content (AvgIpc) is 3.12. The Bertz CT molecular complexity index is 860. The lowest BCUT2D eigenvalue weighted by atomic mass is 9.91. The van der Waals surface area contributed by atoms with Crippen molar-refractivity contribution in [2.75, 3.05) is 20.3 Å². The number of aromatic nitrogens is 1. The van der Waals surface area contributed by atoms with E-state index in [2.05, 4.69) is 77.0 Å². The first kappa shape index (κ1) is 18.9. The maximum atomic E-state index is 5.59. The van der Waals surface area contributed by atoms with Crippen molar-refractivity contribution in [3.05, 3.63) is 89.3 Å². The third-order valence-electron chi connectivity index (χ3n) is 5.12. The van der Waals surface area contributed by atoms with Crippen molar-refractivity contribution >= 4 is 0 Å². The van der Waals surface area contributed by atoms with Crippen LogP contribution in [0.4, 0.5) is 0 Å². The number of hydrogen-bond acceptors (Lipinski definition) is 5. The Morgan fingerprint density at radius 1 is 0.964 bits per heavy atom. The molecule has 146 valence electrons. The number of ether oxygens (including phenoxy) is 1. The van der Waals surface area contributed by atoms with Crippen LogP contribution < -0.4 is 5.32 Å². The zero-order chi connectivity index (χ0) is 19.2. The van der Waals surface area contributed by atoms with Crippen LogP contribution in [0.5, 0.6) is 0 Å². The molecule has 0 bridgehead atoms. The van der Waals surface area contributed by atoms with Gasteiger partial charge in [-0.25, -0.2) is 0 Å². The van der Waals surface area contributed by atoms with E-state index in [1.807, 2.05) is 12.1 Å². The van der Waals surface area contributed by atoms with Gasteiger partial charge in [0.2, 0.25) is 0 Å². The van der Waals surface area contributed by atoms with E-state index in [0.29, 0.717) is 13.2 Å². The molecule has 0 atom stereocenters. The molecule has 2 aromatic carbocycles. The summed E-state index contributed by atoms with van der Waals surface area (Å²) in [6.45, 7) is 3.86. The van der Waals surface area contributed by atoms with Crippen LogP contribution in [0.25, 0.3) is 0 Å². The molecule has 1 aliphatic rings. The van der Waals surface area contributed by atoms with Crippen molar-refractivity contribution in [1.29, 1.82) is 0 Å². The molecule has 1 fully saturated rings. The van der Waals surface area contributed by atoms with Crippen molar-refractivity contribution < 1.29 is 9.26 Å². The van der Waals surface area contributed by atoms with E-state index < -0.39 is 0 Å². The zero-order valence-corrected chi connectivity index (χ0v) is 16.3. The highest BCUT2D eigenvalue weighted by Crippen LogP contribution is 2.23. The lowest BCUT2D eigenvalue weighted by Gasteiger charge is -2.42. The Morgan fingerprint density at radius 2 is 1.64 bits per heavy atom. The Balaban J connectivity index is 1.32. The van der Waals surface area contributed by atoms with Crippen LogP contribution in [0.2, 0.25) is 0 Å². The minimum atomic E-state index is -0.0556. The SMILES string of the molecule is CN(Cc1ccccc1)Cc1cc(CC2(NCc3ccccc3)COC2)no1. The number of nitrogens with zero attached hydrogens (tertiary/aromatic N) is 2. The van der Waals surface area contributed by atoms with Crippen LogP contribution >= 0.6 is 0 Å². The van der Waals surface area contributed by atoms with E-state index >= 15 is 0 Å². The van der Waals surface area contributed by atoms with Crippen molar-refractivity contribution in [2.45, 2.75) is 31.6 Å². The Kier molecular flexibility index (Phi) is 5.86. The van der Waals surface area contributed by atoms with E-state index in [9.17, 15) is 0 Å². The van der Waals surface area contributed by atoms with Crippen LogP contribution in [0, 0.1) is 0 Å². The van der Waals surface area contributed by atoms with Gasteiger partial charge in [-0.15, -0.1) is 0 Å². The van der Waals surface area contributed by atoms with Crippen molar-refractivity contribution in [1.82, 2.24) is 15.4 Å². The van der Waals surface area contributed by atoms with E-state index in [-0.39, 0.29) is 5.54 Å². The summed E-state index contributed by atoms with van der Waals surface area (Å²) in [5.41, 5.74) is 3.49. The van der Waals surface area contributed by atoms with Gasteiger partial charge >= 0.3 is 0 Å². The van der Waals surface area contributed by atoms with Crippen molar-refractivity contribution in [3.8, 4) is 0 Å². The first-order chi connectivity index (χ1) is 13.7. The van der Waals surface area contributed by atoms with E-state index in [0.717, 1.165) is 37.5 Å². The molecule has 3 aromatic rings. The molecular formula is C23H27N3O2. The number of hydrogen-bond donors (Lipinski definition) is 1. The molecular weight excluding hydrogens is 350 g/mol. The van der Waals surface area contributed by atoms with Crippen LogP contribution in [0.1, 0.15) is 22.6 Å². The number of rotatable bonds is 9. The summed E-state index contributed by atoms with van der Waals surface area (Å²) in [5.74, 6) is 0.895. The highest BCUT2D eigenvalue weighted by Gasteiger charge is 2.39. The minimum Gasteiger partial charge on any atom is -0.377 e. The molecule has 4 rings (SSSR count). The second kappa shape index (κ2) is 8.69. The van der Waals surface area contributed by atoms with Gasteiger partial charge in [0.15, 0.2) is 5.76 Å². The Hall–Kier alpha value is -2.47. The largest absolute Gasteiger partial charge is 0.377 e. The lowest BCUT2D eigenvalue weighted by Crippen LogP contribution is -2.61. The van der Waals surface area contributed by atoms with Crippen molar-refractivity contribution in [2.24, 2.45) is 0 Å². The normalized spacial score (nSPS) is 15.5. The van der Waals surface area contributed by atoms with Gasteiger partial charge in [0, 0.05) is 25.6 Å². The fraction of sp³-hybridized carbons (Fsp3) is 0.348. The van der Waals surface area contributed by atoms with E-state index in [1.54, 1.807) is 0 Å². The van der Waals surface area contributed by atoms with Gasteiger partial charge in [-0.1, -0.05) is 65.8 Å². The molecule has 0 saturated carbocycles. The molecule has 28 heavy (non-hydrogen) atoms. The summed E-state index contributed by atoms with van der Waals surface area (Å²) in [7, 11) is 2.10. The molecule has 0 aliphatic carbocycles. The van der Waals surface area contributed by atoms with E-state index in [4.69, 9.17) is 9.26 Å². The maximum Gasteiger partial charge on any atom is 0.150 e. The van der Waals surface area contributed by atoms with Crippen LogP contribution in [-0.2, 0) is 30.8 Å². The average molecular weight is 377 g/mol. The summed E-state index contributed by atoms with van der Waals surface area (Å²) < 4.78 is 11.1. The molecule has 5 nitrogen and oxygen atoms in total. The lowest BCUT2D eigenvalue weighted by molar-refractivity contribution is -0.0755. The predicted octanol–water partition coefficient (Wildman–Crippen LogP) is 3.41. The Morgan fingerprint density at radius 3 is 2.29 bits per heavy atom. The summed E-state index contributed by atoms with van der Waals surface area (Å²) in [6.07, 6.45) is 0.811.